The van der Waals surface area contributed by atoms with Crippen LogP contribution in [0, 0.1) is 0 Å². The zero-order chi connectivity index (χ0) is 13.4. The van der Waals surface area contributed by atoms with Crippen molar-refractivity contribution in [2.75, 3.05) is 13.1 Å². The highest BCUT2D eigenvalue weighted by Gasteiger charge is 2.20. The van der Waals surface area contributed by atoms with Crippen LogP contribution < -0.4 is 5.32 Å². The average molecular weight is 263 g/mol. The van der Waals surface area contributed by atoms with E-state index in [1.807, 2.05) is 12.3 Å². The number of nitrogens with zero attached hydrogens (tertiary/aromatic N) is 2. The second-order valence-corrected chi connectivity index (χ2v) is 5.38. The summed E-state index contributed by atoms with van der Waals surface area (Å²) in [5, 5.41) is 3.42. The van der Waals surface area contributed by atoms with Crippen LogP contribution in [0.25, 0.3) is 16.8 Å². The second kappa shape index (κ2) is 4.76. The van der Waals surface area contributed by atoms with E-state index in [1.54, 1.807) is 0 Å². The summed E-state index contributed by atoms with van der Waals surface area (Å²) in [4.78, 5) is 4.58. The third-order valence-electron chi connectivity index (χ3n) is 4.13. The highest BCUT2D eigenvalue weighted by atomic mass is 15.0. The zero-order valence-corrected chi connectivity index (χ0v) is 11.3. The molecule has 0 amide bonds. The lowest BCUT2D eigenvalue weighted by Gasteiger charge is -2.09. The third-order valence-corrected chi connectivity index (χ3v) is 4.13. The normalized spacial score (nSPS) is 18.7. The number of benzene rings is 1. The van der Waals surface area contributed by atoms with Gasteiger partial charge in [-0.05, 0) is 36.2 Å². The van der Waals surface area contributed by atoms with Crippen molar-refractivity contribution in [3.63, 3.8) is 0 Å². The predicted octanol–water partition coefficient (Wildman–Crippen LogP) is 3.08. The van der Waals surface area contributed by atoms with Gasteiger partial charge in [-0.2, -0.15) is 0 Å². The molecule has 20 heavy (non-hydrogen) atoms. The van der Waals surface area contributed by atoms with E-state index in [2.05, 4.69) is 57.3 Å². The van der Waals surface area contributed by atoms with Crippen LogP contribution in [0.15, 0.2) is 54.9 Å². The Morgan fingerprint density at radius 2 is 2.00 bits per heavy atom. The zero-order valence-electron chi connectivity index (χ0n) is 11.3. The van der Waals surface area contributed by atoms with Gasteiger partial charge in [0.1, 0.15) is 5.65 Å². The number of hydrogen-bond donors (Lipinski definition) is 1. The molecular weight excluding hydrogens is 246 g/mol. The molecule has 3 heterocycles. The molecular formula is C17H17N3. The quantitative estimate of drug-likeness (QED) is 0.770. The molecule has 100 valence electrons. The molecule has 4 rings (SSSR count). The molecule has 1 aliphatic heterocycles. The van der Waals surface area contributed by atoms with Gasteiger partial charge in [-0.3, -0.25) is 0 Å². The van der Waals surface area contributed by atoms with E-state index in [0.29, 0.717) is 5.92 Å². The molecule has 3 aromatic rings. The number of aromatic nitrogens is 2. The van der Waals surface area contributed by atoms with Crippen molar-refractivity contribution < 1.29 is 0 Å². The van der Waals surface area contributed by atoms with Crippen LogP contribution in [0.4, 0.5) is 0 Å². The summed E-state index contributed by atoms with van der Waals surface area (Å²) in [7, 11) is 0. The summed E-state index contributed by atoms with van der Waals surface area (Å²) in [6.07, 6.45) is 5.38. The number of nitrogens with one attached hydrogen (secondary N) is 1. The Kier molecular flexibility index (Phi) is 2.78. The molecule has 1 aromatic carbocycles. The molecule has 0 bridgehead atoms. The van der Waals surface area contributed by atoms with Gasteiger partial charge >= 0.3 is 0 Å². The summed E-state index contributed by atoms with van der Waals surface area (Å²) in [5.41, 5.74) is 4.82. The van der Waals surface area contributed by atoms with Gasteiger partial charge in [0, 0.05) is 30.6 Å². The fourth-order valence-electron chi connectivity index (χ4n) is 3.02. The van der Waals surface area contributed by atoms with E-state index >= 15 is 0 Å². The predicted molar refractivity (Wildman–Crippen MR) is 80.9 cm³/mol. The smallest absolute Gasteiger partial charge is 0.137 e. The van der Waals surface area contributed by atoms with E-state index in [4.69, 9.17) is 0 Å². The minimum absolute atomic E-state index is 0.590. The standard InChI is InChI=1S/C17H17N3/c1-2-4-13(5-3-1)14-7-9-20-16(12-19-17(20)10-14)15-6-8-18-11-15/h1-5,7,9-10,12,15,18H,6,8,11H2. The first kappa shape index (κ1) is 11.7. The Balaban J connectivity index is 1.78. The van der Waals surface area contributed by atoms with E-state index < -0.39 is 0 Å². The van der Waals surface area contributed by atoms with Gasteiger partial charge in [0.25, 0.3) is 0 Å². The SMILES string of the molecule is c1ccc(-c2ccn3c(C4CCNC4)cnc3c2)cc1. The van der Waals surface area contributed by atoms with Crippen molar-refractivity contribution >= 4 is 5.65 Å². The molecule has 0 spiro atoms. The van der Waals surface area contributed by atoms with Gasteiger partial charge in [0.2, 0.25) is 0 Å². The van der Waals surface area contributed by atoms with Crippen molar-refractivity contribution in [3.8, 4) is 11.1 Å². The average Bonchev–Trinajstić information content (AvgIpc) is 3.16. The molecule has 1 aliphatic rings. The van der Waals surface area contributed by atoms with Crippen LogP contribution in [0.5, 0.6) is 0 Å². The van der Waals surface area contributed by atoms with Crippen LogP contribution in [0.1, 0.15) is 18.0 Å². The lowest BCUT2D eigenvalue weighted by molar-refractivity contribution is 0.726. The van der Waals surface area contributed by atoms with E-state index in [-0.39, 0.29) is 0 Å². The number of pyridine rings is 1. The fraction of sp³-hybridized carbons (Fsp3) is 0.235. The largest absolute Gasteiger partial charge is 0.316 e. The number of imidazole rings is 1. The lowest BCUT2D eigenvalue weighted by Crippen LogP contribution is -2.09. The Labute approximate surface area is 118 Å². The second-order valence-electron chi connectivity index (χ2n) is 5.38. The molecule has 1 saturated heterocycles. The topological polar surface area (TPSA) is 29.3 Å². The van der Waals surface area contributed by atoms with Gasteiger partial charge < -0.3 is 9.72 Å². The van der Waals surface area contributed by atoms with Crippen molar-refractivity contribution in [3.05, 3.63) is 60.6 Å². The van der Waals surface area contributed by atoms with E-state index in [9.17, 15) is 0 Å². The minimum atomic E-state index is 0.590. The Hall–Kier alpha value is -2.13. The number of hydrogen-bond acceptors (Lipinski definition) is 2. The number of fused-ring (bicyclic) bond motifs is 1. The Morgan fingerprint density at radius 3 is 2.80 bits per heavy atom. The highest BCUT2D eigenvalue weighted by molar-refractivity contribution is 5.67. The first-order valence-electron chi connectivity index (χ1n) is 7.15. The van der Waals surface area contributed by atoms with Crippen molar-refractivity contribution in [1.29, 1.82) is 0 Å². The van der Waals surface area contributed by atoms with Crippen LogP contribution in [-0.4, -0.2) is 22.5 Å². The van der Waals surface area contributed by atoms with Crippen LogP contribution in [0.2, 0.25) is 0 Å². The first-order chi connectivity index (χ1) is 9.92. The molecule has 2 aromatic heterocycles. The van der Waals surface area contributed by atoms with Gasteiger partial charge in [-0.25, -0.2) is 4.98 Å². The number of rotatable bonds is 2. The van der Waals surface area contributed by atoms with Crippen LogP contribution >= 0.6 is 0 Å². The van der Waals surface area contributed by atoms with E-state index in [0.717, 1.165) is 18.7 Å². The van der Waals surface area contributed by atoms with Crippen LogP contribution in [-0.2, 0) is 0 Å². The summed E-state index contributed by atoms with van der Waals surface area (Å²) in [5.74, 6) is 0.590. The maximum absolute atomic E-state index is 4.58. The summed E-state index contributed by atoms with van der Waals surface area (Å²) < 4.78 is 2.23. The van der Waals surface area contributed by atoms with Gasteiger partial charge in [0.15, 0.2) is 0 Å². The third kappa shape index (κ3) is 1.91. The molecule has 0 saturated carbocycles. The molecule has 0 aliphatic carbocycles. The van der Waals surface area contributed by atoms with Crippen LogP contribution in [0.3, 0.4) is 0 Å². The molecule has 1 N–H and O–H groups in total. The lowest BCUT2D eigenvalue weighted by atomic mass is 10.1. The van der Waals surface area contributed by atoms with Crippen molar-refractivity contribution in [1.82, 2.24) is 14.7 Å². The molecule has 1 atom stereocenters. The van der Waals surface area contributed by atoms with Gasteiger partial charge in [-0.1, -0.05) is 30.3 Å². The Morgan fingerprint density at radius 1 is 1.10 bits per heavy atom. The maximum atomic E-state index is 4.58. The van der Waals surface area contributed by atoms with Gasteiger partial charge in [-0.15, -0.1) is 0 Å². The summed E-state index contributed by atoms with van der Waals surface area (Å²) in [6.45, 7) is 2.17. The first-order valence-corrected chi connectivity index (χ1v) is 7.15. The molecule has 3 heteroatoms. The van der Waals surface area contributed by atoms with E-state index in [1.165, 1.54) is 23.2 Å². The fourth-order valence-corrected chi connectivity index (χ4v) is 3.02. The molecule has 0 radical (unpaired) electrons. The van der Waals surface area contributed by atoms with Crippen molar-refractivity contribution in [2.24, 2.45) is 0 Å². The summed E-state index contributed by atoms with van der Waals surface area (Å²) in [6, 6.07) is 14.8. The molecule has 1 fully saturated rings. The van der Waals surface area contributed by atoms with Gasteiger partial charge in [0.05, 0.1) is 0 Å². The molecule has 1 unspecified atom stereocenters. The van der Waals surface area contributed by atoms with Crippen molar-refractivity contribution in [2.45, 2.75) is 12.3 Å². The molecule has 3 nitrogen and oxygen atoms in total. The highest BCUT2D eigenvalue weighted by Crippen LogP contribution is 2.26. The summed E-state index contributed by atoms with van der Waals surface area (Å²) >= 11 is 0. The monoisotopic (exact) mass is 263 g/mol. The Bertz CT molecular complexity index is 724. The minimum Gasteiger partial charge on any atom is -0.316 e. The maximum Gasteiger partial charge on any atom is 0.137 e.